The lowest BCUT2D eigenvalue weighted by Gasteiger charge is -2.30. The van der Waals surface area contributed by atoms with Gasteiger partial charge in [-0.25, -0.2) is 0 Å². The van der Waals surface area contributed by atoms with Crippen LogP contribution >= 0.6 is 23.4 Å². The average molecular weight is 433 g/mol. The van der Waals surface area contributed by atoms with E-state index in [1.807, 2.05) is 69.3 Å². The van der Waals surface area contributed by atoms with Crippen LogP contribution in [0.25, 0.3) is 0 Å². The van der Waals surface area contributed by atoms with E-state index >= 15 is 0 Å². The molecule has 0 aliphatic heterocycles. The third kappa shape index (κ3) is 7.09. The Labute approximate surface area is 183 Å². The van der Waals surface area contributed by atoms with Gasteiger partial charge in [0, 0.05) is 22.5 Å². The molecule has 0 radical (unpaired) electrons. The molecule has 0 aliphatic rings. The maximum Gasteiger partial charge on any atom is 0.242 e. The summed E-state index contributed by atoms with van der Waals surface area (Å²) in [5.74, 6) is 0.0619. The Hall–Kier alpha value is -1.98. The number of hydrogen-bond donors (Lipinski definition) is 1. The van der Waals surface area contributed by atoms with E-state index in [9.17, 15) is 9.59 Å². The Morgan fingerprint density at radius 2 is 1.76 bits per heavy atom. The molecule has 0 saturated heterocycles. The molecule has 29 heavy (non-hydrogen) atoms. The van der Waals surface area contributed by atoms with Gasteiger partial charge in [-0.1, -0.05) is 42.8 Å². The highest BCUT2D eigenvalue weighted by Crippen LogP contribution is 2.22. The molecule has 0 unspecified atom stereocenters. The molecule has 0 saturated carbocycles. The van der Waals surface area contributed by atoms with E-state index in [0.29, 0.717) is 11.6 Å². The Morgan fingerprint density at radius 1 is 1.10 bits per heavy atom. The number of hydrogen-bond acceptors (Lipinski definition) is 3. The first-order chi connectivity index (χ1) is 13.8. The monoisotopic (exact) mass is 432 g/mol. The lowest BCUT2D eigenvalue weighted by Crippen LogP contribution is -2.50. The third-order valence-electron chi connectivity index (χ3n) is 4.95. The first-order valence-electron chi connectivity index (χ1n) is 9.84. The van der Waals surface area contributed by atoms with Gasteiger partial charge in [-0.3, -0.25) is 9.59 Å². The van der Waals surface area contributed by atoms with Crippen LogP contribution in [0.1, 0.15) is 38.3 Å². The molecule has 4 nitrogen and oxygen atoms in total. The quantitative estimate of drug-likeness (QED) is 0.562. The summed E-state index contributed by atoms with van der Waals surface area (Å²) in [4.78, 5) is 28.5. The smallest absolute Gasteiger partial charge is 0.242 e. The largest absolute Gasteiger partial charge is 0.352 e. The van der Waals surface area contributed by atoms with Crippen molar-refractivity contribution in [3.8, 4) is 0 Å². The summed E-state index contributed by atoms with van der Waals surface area (Å²) >= 11 is 7.38. The van der Waals surface area contributed by atoms with Gasteiger partial charge in [-0.05, 0) is 62.6 Å². The number of nitrogens with one attached hydrogen (secondary N) is 1. The fourth-order valence-corrected chi connectivity index (χ4v) is 3.69. The zero-order valence-electron chi connectivity index (χ0n) is 17.4. The van der Waals surface area contributed by atoms with Crippen LogP contribution in [0.3, 0.4) is 0 Å². The molecule has 2 aromatic carbocycles. The predicted molar refractivity (Wildman–Crippen MR) is 121 cm³/mol. The van der Waals surface area contributed by atoms with E-state index in [-0.39, 0.29) is 23.6 Å². The Kier molecular flexibility index (Phi) is 9.05. The topological polar surface area (TPSA) is 49.4 Å². The Bertz CT molecular complexity index is 826. The molecule has 0 fully saturated rings. The number of carbonyl (C=O) groups excluding carboxylic acids is 2. The maximum absolute atomic E-state index is 13.1. The molecule has 2 rings (SSSR count). The minimum atomic E-state index is -0.554. The average Bonchev–Trinajstić information content (AvgIpc) is 2.71. The van der Waals surface area contributed by atoms with E-state index in [1.165, 1.54) is 11.8 Å². The van der Waals surface area contributed by atoms with Crippen molar-refractivity contribution in [1.82, 2.24) is 10.2 Å². The van der Waals surface area contributed by atoms with Gasteiger partial charge >= 0.3 is 0 Å². The highest BCUT2D eigenvalue weighted by molar-refractivity contribution is 8.00. The minimum Gasteiger partial charge on any atom is -0.352 e. The van der Waals surface area contributed by atoms with Crippen molar-refractivity contribution in [3.63, 3.8) is 0 Å². The molecule has 0 bridgehead atoms. The maximum atomic E-state index is 13.1. The van der Waals surface area contributed by atoms with Gasteiger partial charge in [0.15, 0.2) is 0 Å². The number of nitrogens with zero attached hydrogens (tertiary/aromatic N) is 1. The van der Waals surface area contributed by atoms with Crippen molar-refractivity contribution < 1.29 is 9.59 Å². The Balaban J connectivity index is 2.15. The molecule has 0 heterocycles. The summed E-state index contributed by atoms with van der Waals surface area (Å²) in [7, 11) is 0. The Morgan fingerprint density at radius 3 is 2.38 bits per heavy atom. The molecule has 2 atom stereocenters. The molecule has 2 amide bonds. The fourth-order valence-electron chi connectivity index (χ4n) is 2.78. The molecule has 0 aliphatic carbocycles. The van der Waals surface area contributed by atoms with Crippen LogP contribution < -0.4 is 5.32 Å². The molecule has 0 aromatic heterocycles. The minimum absolute atomic E-state index is 0.0694. The van der Waals surface area contributed by atoms with Crippen LogP contribution in [0, 0.1) is 6.92 Å². The zero-order valence-corrected chi connectivity index (χ0v) is 19.0. The third-order valence-corrected chi connectivity index (χ3v) is 6.19. The normalized spacial score (nSPS) is 12.9. The zero-order chi connectivity index (χ0) is 21.4. The van der Waals surface area contributed by atoms with Crippen molar-refractivity contribution in [2.45, 2.75) is 57.6 Å². The van der Waals surface area contributed by atoms with Gasteiger partial charge < -0.3 is 10.2 Å². The van der Waals surface area contributed by atoms with Gasteiger partial charge in [0.2, 0.25) is 11.8 Å². The number of aryl methyl sites for hydroxylation is 1. The molecule has 6 heteroatoms. The molecular formula is C23H29ClN2O2S. The molecule has 1 N–H and O–H groups in total. The summed E-state index contributed by atoms with van der Waals surface area (Å²) < 4.78 is 0. The van der Waals surface area contributed by atoms with Gasteiger partial charge in [-0.15, -0.1) is 11.8 Å². The van der Waals surface area contributed by atoms with Gasteiger partial charge in [0.1, 0.15) is 6.04 Å². The lowest BCUT2D eigenvalue weighted by molar-refractivity contribution is -0.138. The summed E-state index contributed by atoms with van der Waals surface area (Å²) in [6.45, 7) is 8.20. The molecule has 0 spiro atoms. The molecule has 2 aromatic rings. The van der Waals surface area contributed by atoms with Crippen molar-refractivity contribution in [1.29, 1.82) is 0 Å². The summed E-state index contributed by atoms with van der Waals surface area (Å²) in [5, 5.41) is 3.65. The van der Waals surface area contributed by atoms with E-state index in [4.69, 9.17) is 11.6 Å². The molecule has 156 valence electrons. The van der Waals surface area contributed by atoms with Gasteiger partial charge in [0.05, 0.1) is 5.75 Å². The number of rotatable bonds is 9. The van der Waals surface area contributed by atoms with E-state index < -0.39 is 6.04 Å². The number of thioether (sulfide) groups is 1. The van der Waals surface area contributed by atoms with E-state index in [1.54, 1.807) is 11.8 Å². The predicted octanol–water partition coefficient (Wildman–Crippen LogP) is 5.07. The molecular weight excluding hydrogens is 404 g/mol. The van der Waals surface area contributed by atoms with Crippen LogP contribution in [-0.4, -0.2) is 34.6 Å². The second-order valence-electron chi connectivity index (χ2n) is 7.18. The summed E-state index contributed by atoms with van der Waals surface area (Å²) in [5.41, 5.74) is 2.14. The van der Waals surface area contributed by atoms with Crippen LogP contribution in [0.4, 0.5) is 0 Å². The van der Waals surface area contributed by atoms with Crippen molar-refractivity contribution in [3.05, 3.63) is 64.7 Å². The van der Waals surface area contributed by atoms with Crippen LogP contribution in [-0.2, 0) is 16.1 Å². The van der Waals surface area contributed by atoms with E-state index in [0.717, 1.165) is 22.4 Å². The van der Waals surface area contributed by atoms with Crippen molar-refractivity contribution >= 4 is 35.2 Å². The number of halogens is 1. The fraction of sp³-hybridized carbons (Fsp3) is 0.391. The highest BCUT2D eigenvalue weighted by atomic mass is 35.5. The number of carbonyl (C=O) groups is 2. The van der Waals surface area contributed by atoms with Crippen molar-refractivity contribution in [2.75, 3.05) is 5.75 Å². The SMILES string of the molecule is CC[C@H](C)NC(=O)[C@H](C)N(Cc1ccccc1C)C(=O)CSc1ccc(Cl)cc1. The highest BCUT2D eigenvalue weighted by Gasteiger charge is 2.27. The number of benzene rings is 2. The standard InChI is InChI=1S/C23H29ClN2O2S/c1-5-17(3)25-23(28)18(4)26(14-19-9-7-6-8-16(19)2)22(27)15-29-21-12-10-20(24)11-13-21/h6-13,17-18H,5,14-15H2,1-4H3,(H,25,28)/t17-,18-/m0/s1. The summed E-state index contributed by atoms with van der Waals surface area (Å²) in [6.07, 6.45) is 0.844. The van der Waals surface area contributed by atoms with Crippen molar-refractivity contribution in [2.24, 2.45) is 0 Å². The van der Waals surface area contributed by atoms with E-state index in [2.05, 4.69) is 5.32 Å². The van der Waals surface area contributed by atoms with Crippen LogP contribution in [0.2, 0.25) is 5.02 Å². The summed E-state index contributed by atoms with van der Waals surface area (Å²) in [6, 6.07) is 14.9. The van der Waals surface area contributed by atoms with Crippen LogP contribution in [0.5, 0.6) is 0 Å². The second-order valence-corrected chi connectivity index (χ2v) is 8.67. The lowest BCUT2D eigenvalue weighted by atomic mass is 10.1. The van der Waals surface area contributed by atoms with Crippen LogP contribution in [0.15, 0.2) is 53.4 Å². The first kappa shape index (κ1) is 23.3. The number of amides is 2. The first-order valence-corrected chi connectivity index (χ1v) is 11.2. The second kappa shape index (κ2) is 11.3. The van der Waals surface area contributed by atoms with Gasteiger partial charge in [-0.2, -0.15) is 0 Å². The van der Waals surface area contributed by atoms with Gasteiger partial charge in [0.25, 0.3) is 0 Å².